The zero-order valence-corrected chi connectivity index (χ0v) is 13.3. The second-order valence-electron chi connectivity index (χ2n) is 6.08. The molecule has 0 fully saturated rings. The molecule has 1 N–H and O–H groups in total. The van der Waals surface area contributed by atoms with Crippen LogP contribution in [0, 0.1) is 5.92 Å². The molecule has 0 bridgehead atoms. The molecule has 5 heteroatoms. The van der Waals surface area contributed by atoms with Gasteiger partial charge in [0.1, 0.15) is 0 Å². The lowest BCUT2D eigenvalue weighted by molar-refractivity contribution is -0.135. The second-order valence-corrected chi connectivity index (χ2v) is 6.08. The van der Waals surface area contributed by atoms with E-state index in [-0.39, 0.29) is 23.5 Å². The predicted octanol–water partition coefficient (Wildman–Crippen LogP) is 3.07. The molecule has 5 nitrogen and oxygen atoms in total. The molecule has 0 atom stereocenters. The van der Waals surface area contributed by atoms with E-state index in [1.165, 1.54) is 11.8 Å². The molecule has 0 saturated heterocycles. The summed E-state index contributed by atoms with van der Waals surface area (Å²) in [7, 11) is 0. The first-order valence-electron chi connectivity index (χ1n) is 7.80. The number of amides is 2. The van der Waals surface area contributed by atoms with Crippen molar-refractivity contribution in [2.45, 2.75) is 26.8 Å². The molecule has 2 heterocycles. The van der Waals surface area contributed by atoms with E-state index in [9.17, 15) is 9.59 Å². The summed E-state index contributed by atoms with van der Waals surface area (Å²) < 4.78 is 5.09. The number of hydrogen-bond donors (Lipinski definition) is 1. The minimum Gasteiger partial charge on any atom is -0.459 e. The fourth-order valence-corrected chi connectivity index (χ4v) is 2.79. The lowest BCUT2D eigenvalue weighted by Gasteiger charge is -2.30. The van der Waals surface area contributed by atoms with Crippen LogP contribution < -0.4 is 5.32 Å². The molecule has 2 aromatic rings. The van der Waals surface area contributed by atoms with Crippen molar-refractivity contribution in [2.24, 2.45) is 5.92 Å². The highest BCUT2D eigenvalue weighted by Crippen LogP contribution is 2.24. The molecular weight excluding hydrogens is 292 g/mol. The van der Waals surface area contributed by atoms with Gasteiger partial charge in [0.2, 0.25) is 5.91 Å². The van der Waals surface area contributed by atoms with Gasteiger partial charge in [-0.05, 0) is 41.8 Å². The van der Waals surface area contributed by atoms with Gasteiger partial charge >= 0.3 is 0 Å². The van der Waals surface area contributed by atoms with Gasteiger partial charge in [0.25, 0.3) is 5.91 Å². The van der Waals surface area contributed by atoms with Crippen molar-refractivity contribution in [1.29, 1.82) is 0 Å². The number of nitrogens with one attached hydrogen (secondary N) is 1. The summed E-state index contributed by atoms with van der Waals surface area (Å²) in [6, 6.07) is 9.15. The predicted molar refractivity (Wildman–Crippen MR) is 87.1 cm³/mol. The largest absolute Gasteiger partial charge is 0.459 e. The van der Waals surface area contributed by atoms with Crippen LogP contribution >= 0.6 is 0 Å². The average molecular weight is 312 g/mol. The van der Waals surface area contributed by atoms with Crippen molar-refractivity contribution >= 4 is 17.5 Å². The van der Waals surface area contributed by atoms with E-state index in [0.717, 1.165) is 18.5 Å². The van der Waals surface area contributed by atoms with Crippen molar-refractivity contribution in [3.8, 4) is 0 Å². The van der Waals surface area contributed by atoms with Gasteiger partial charge in [0, 0.05) is 24.7 Å². The van der Waals surface area contributed by atoms with Crippen molar-refractivity contribution in [3.63, 3.8) is 0 Å². The topological polar surface area (TPSA) is 62.6 Å². The fourth-order valence-electron chi connectivity index (χ4n) is 2.79. The Balaban J connectivity index is 1.75. The smallest absolute Gasteiger partial charge is 0.291 e. The van der Waals surface area contributed by atoms with E-state index in [2.05, 4.69) is 5.32 Å². The third-order valence-electron chi connectivity index (χ3n) is 4.03. The number of carbonyl (C=O) groups excluding carboxylic acids is 2. The molecule has 1 aromatic heterocycles. The highest BCUT2D eigenvalue weighted by molar-refractivity contribution is 6.02. The third-order valence-corrected chi connectivity index (χ3v) is 4.03. The molecule has 2 amide bonds. The van der Waals surface area contributed by atoms with Crippen LogP contribution in [0.1, 0.15) is 35.5 Å². The Morgan fingerprint density at radius 2 is 2.04 bits per heavy atom. The van der Waals surface area contributed by atoms with E-state index in [0.29, 0.717) is 12.2 Å². The molecule has 0 radical (unpaired) electrons. The maximum Gasteiger partial charge on any atom is 0.291 e. The first-order valence-corrected chi connectivity index (χ1v) is 7.80. The number of nitrogens with zero attached hydrogens (tertiary/aromatic N) is 1. The van der Waals surface area contributed by atoms with E-state index in [1.54, 1.807) is 12.1 Å². The summed E-state index contributed by atoms with van der Waals surface area (Å²) in [5.74, 6) is 0.166. The SMILES string of the molecule is CC(C)C(=O)N1CCc2ccc(NC(=O)c3ccco3)cc2C1. The molecule has 23 heavy (non-hydrogen) atoms. The number of anilines is 1. The van der Waals surface area contributed by atoms with Crippen molar-refractivity contribution in [3.05, 3.63) is 53.5 Å². The average Bonchev–Trinajstić information content (AvgIpc) is 3.08. The van der Waals surface area contributed by atoms with Gasteiger partial charge < -0.3 is 14.6 Å². The quantitative estimate of drug-likeness (QED) is 0.947. The Morgan fingerprint density at radius 1 is 1.22 bits per heavy atom. The van der Waals surface area contributed by atoms with Crippen LogP contribution in [0.15, 0.2) is 41.0 Å². The summed E-state index contributed by atoms with van der Waals surface area (Å²) >= 11 is 0. The first kappa shape index (κ1) is 15.3. The Bertz CT molecular complexity index is 720. The number of fused-ring (bicyclic) bond motifs is 1. The first-order chi connectivity index (χ1) is 11.0. The van der Waals surface area contributed by atoms with Gasteiger partial charge in [0.05, 0.1) is 6.26 Å². The van der Waals surface area contributed by atoms with Crippen LogP contribution in [0.25, 0.3) is 0 Å². The Hall–Kier alpha value is -2.56. The molecule has 1 aromatic carbocycles. The van der Waals surface area contributed by atoms with Gasteiger partial charge in [-0.15, -0.1) is 0 Å². The summed E-state index contributed by atoms with van der Waals surface area (Å²) in [6.45, 7) is 5.18. The van der Waals surface area contributed by atoms with Crippen LogP contribution in [0.2, 0.25) is 0 Å². The minimum atomic E-state index is -0.277. The van der Waals surface area contributed by atoms with Crippen LogP contribution in [0.4, 0.5) is 5.69 Å². The van der Waals surface area contributed by atoms with Gasteiger partial charge in [-0.1, -0.05) is 19.9 Å². The van der Waals surface area contributed by atoms with Crippen molar-refractivity contribution < 1.29 is 14.0 Å². The minimum absolute atomic E-state index is 0.00149. The Labute approximate surface area is 135 Å². The number of carbonyl (C=O) groups is 2. The van der Waals surface area contributed by atoms with Gasteiger partial charge in [-0.2, -0.15) is 0 Å². The van der Waals surface area contributed by atoms with E-state index < -0.39 is 0 Å². The summed E-state index contributed by atoms with van der Waals surface area (Å²) in [5, 5.41) is 2.83. The number of hydrogen-bond acceptors (Lipinski definition) is 3. The highest BCUT2D eigenvalue weighted by Gasteiger charge is 2.23. The number of rotatable bonds is 3. The van der Waals surface area contributed by atoms with Crippen molar-refractivity contribution in [2.75, 3.05) is 11.9 Å². The van der Waals surface area contributed by atoms with E-state index >= 15 is 0 Å². The molecule has 1 aliphatic heterocycles. The van der Waals surface area contributed by atoms with Crippen LogP contribution in [-0.2, 0) is 17.8 Å². The van der Waals surface area contributed by atoms with Crippen LogP contribution in [0.5, 0.6) is 0 Å². The molecular formula is C18H20N2O3. The zero-order valence-electron chi connectivity index (χ0n) is 13.3. The molecule has 0 saturated carbocycles. The molecule has 0 spiro atoms. The molecule has 0 unspecified atom stereocenters. The zero-order chi connectivity index (χ0) is 16.4. The van der Waals surface area contributed by atoms with Gasteiger partial charge in [-0.25, -0.2) is 0 Å². The van der Waals surface area contributed by atoms with Crippen LogP contribution in [-0.4, -0.2) is 23.3 Å². The molecule has 3 rings (SSSR count). The summed E-state index contributed by atoms with van der Waals surface area (Å²) in [4.78, 5) is 26.1. The number of furan rings is 1. The van der Waals surface area contributed by atoms with Gasteiger partial charge in [-0.3, -0.25) is 9.59 Å². The molecule has 120 valence electrons. The maximum absolute atomic E-state index is 12.2. The van der Waals surface area contributed by atoms with E-state index in [4.69, 9.17) is 4.42 Å². The normalized spacial score (nSPS) is 13.8. The van der Waals surface area contributed by atoms with Crippen LogP contribution in [0.3, 0.4) is 0 Å². The summed E-state index contributed by atoms with van der Waals surface area (Å²) in [5.41, 5.74) is 3.03. The molecule has 1 aliphatic rings. The fraction of sp³-hybridized carbons (Fsp3) is 0.333. The monoisotopic (exact) mass is 312 g/mol. The maximum atomic E-state index is 12.2. The highest BCUT2D eigenvalue weighted by atomic mass is 16.3. The lowest BCUT2D eigenvalue weighted by atomic mass is 9.98. The van der Waals surface area contributed by atoms with Crippen molar-refractivity contribution in [1.82, 2.24) is 4.90 Å². The molecule has 0 aliphatic carbocycles. The third kappa shape index (κ3) is 3.28. The lowest BCUT2D eigenvalue weighted by Crippen LogP contribution is -2.38. The van der Waals surface area contributed by atoms with E-state index in [1.807, 2.05) is 36.9 Å². The Morgan fingerprint density at radius 3 is 2.74 bits per heavy atom. The standard InChI is InChI=1S/C18H20N2O3/c1-12(2)18(22)20-8-7-13-5-6-15(10-14(13)11-20)19-17(21)16-4-3-9-23-16/h3-6,9-10,12H,7-8,11H2,1-2H3,(H,19,21). The number of benzene rings is 1. The Kier molecular flexibility index (Phi) is 4.19. The second kappa shape index (κ2) is 6.28. The van der Waals surface area contributed by atoms with Gasteiger partial charge in [0.15, 0.2) is 5.76 Å². The summed E-state index contributed by atoms with van der Waals surface area (Å²) in [6.07, 6.45) is 2.32.